The lowest BCUT2D eigenvalue weighted by Gasteiger charge is -2.29. The minimum Gasteiger partial charge on any atom is -0.333 e. The number of nitrogens with zero attached hydrogens (tertiary/aromatic N) is 1. The molecular formula is C11H18N2O. The van der Waals surface area contributed by atoms with Gasteiger partial charge in [-0.3, -0.25) is 0 Å². The van der Waals surface area contributed by atoms with Gasteiger partial charge in [-0.2, -0.15) is 0 Å². The van der Waals surface area contributed by atoms with E-state index in [1.165, 1.54) is 38.5 Å². The highest BCUT2D eigenvalue weighted by molar-refractivity contribution is 5.77. The minimum atomic E-state index is 0.203. The van der Waals surface area contributed by atoms with Crippen LogP contribution < -0.4 is 5.32 Å². The summed E-state index contributed by atoms with van der Waals surface area (Å²) in [5.74, 6) is 0.821. The summed E-state index contributed by atoms with van der Waals surface area (Å²) in [4.78, 5) is 13.8. The lowest BCUT2D eigenvalue weighted by Crippen LogP contribution is -2.39. The van der Waals surface area contributed by atoms with E-state index in [1.807, 2.05) is 0 Å². The lowest BCUT2D eigenvalue weighted by molar-refractivity contribution is 0.187. The highest BCUT2D eigenvalue weighted by atomic mass is 16.2. The second kappa shape index (κ2) is 3.14. The highest BCUT2D eigenvalue weighted by Gasteiger charge is 2.42. The molecule has 0 aromatic carbocycles. The molecule has 0 spiro atoms. The van der Waals surface area contributed by atoms with Crippen LogP contribution in [0.15, 0.2) is 0 Å². The Morgan fingerprint density at radius 2 is 2.00 bits per heavy atom. The first-order chi connectivity index (χ1) is 6.84. The Labute approximate surface area is 84.8 Å². The van der Waals surface area contributed by atoms with E-state index in [0.29, 0.717) is 12.1 Å². The Kier molecular flexibility index (Phi) is 1.92. The molecule has 0 aromatic rings. The molecule has 1 aliphatic heterocycles. The Morgan fingerprint density at radius 3 is 2.79 bits per heavy atom. The molecule has 2 amide bonds. The van der Waals surface area contributed by atoms with E-state index in [9.17, 15) is 4.79 Å². The number of nitrogens with one attached hydrogen (secondary N) is 1. The molecule has 3 nitrogen and oxygen atoms in total. The number of rotatable bonds is 2. The van der Waals surface area contributed by atoms with Crippen LogP contribution in [0.4, 0.5) is 4.79 Å². The molecule has 2 unspecified atom stereocenters. The number of carbonyl (C=O) groups excluding carboxylic acids is 1. The predicted octanol–water partition coefficient (Wildman–Crippen LogP) is 1.73. The fraction of sp³-hybridized carbons (Fsp3) is 0.909. The van der Waals surface area contributed by atoms with Crippen molar-refractivity contribution in [1.29, 1.82) is 0 Å². The van der Waals surface area contributed by atoms with Gasteiger partial charge in [-0.25, -0.2) is 4.79 Å². The van der Waals surface area contributed by atoms with Crippen LogP contribution in [0, 0.1) is 5.92 Å². The predicted molar refractivity (Wildman–Crippen MR) is 54.0 cm³/mol. The summed E-state index contributed by atoms with van der Waals surface area (Å²) in [6, 6.07) is 1.20. The van der Waals surface area contributed by atoms with Gasteiger partial charge in [-0.05, 0) is 31.6 Å². The first kappa shape index (κ1) is 8.57. The van der Waals surface area contributed by atoms with Crippen LogP contribution in [-0.2, 0) is 0 Å². The third-order valence-electron chi connectivity index (χ3n) is 3.85. The number of amides is 2. The lowest BCUT2D eigenvalue weighted by atomic mass is 9.91. The maximum Gasteiger partial charge on any atom is 0.318 e. The van der Waals surface area contributed by atoms with E-state index < -0.39 is 0 Å². The van der Waals surface area contributed by atoms with Crippen LogP contribution in [0.2, 0.25) is 0 Å². The molecule has 3 aliphatic rings. The summed E-state index contributed by atoms with van der Waals surface area (Å²) in [6.45, 7) is 1.02. The molecular weight excluding hydrogens is 176 g/mol. The molecule has 1 saturated heterocycles. The first-order valence-electron chi connectivity index (χ1n) is 5.92. The summed E-state index contributed by atoms with van der Waals surface area (Å²) in [5, 5.41) is 3.13. The van der Waals surface area contributed by atoms with E-state index >= 15 is 0 Å². The summed E-state index contributed by atoms with van der Waals surface area (Å²) in [6.07, 6.45) is 7.67. The van der Waals surface area contributed by atoms with Gasteiger partial charge in [0.15, 0.2) is 0 Å². The van der Waals surface area contributed by atoms with Crippen molar-refractivity contribution in [2.45, 2.75) is 50.6 Å². The SMILES string of the molecule is O=C1NC2CCCCC2N1CC1CC1. The third kappa shape index (κ3) is 1.39. The Morgan fingerprint density at radius 1 is 1.21 bits per heavy atom. The molecule has 3 heteroatoms. The van der Waals surface area contributed by atoms with Crippen molar-refractivity contribution in [3.05, 3.63) is 0 Å². The van der Waals surface area contributed by atoms with Gasteiger partial charge in [-0.1, -0.05) is 12.8 Å². The van der Waals surface area contributed by atoms with Crippen molar-refractivity contribution in [2.24, 2.45) is 5.92 Å². The maximum absolute atomic E-state index is 11.7. The van der Waals surface area contributed by atoms with Gasteiger partial charge in [0.2, 0.25) is 0 Å². The highest BCUT2D eigenvalue weighted by Crippen LogP contribution is 2.34. The smallest absolute Gasteiger partial charge is 0.318 e. The standard InChI is InChI=1S/C11H18N2O/c14-11-12-9-3-1-2-4-10(9)13(11)7-8-5-6-8/h8-10H,1-7H2,(H,12,14). The Bertz CT molecular complexity index is 250. The average molecular weight is 194 g/mol. The van der Waals surface area contributed by atoms with Crippen molar-refractivity contribution in [3.63, 3.8) is 0 Å². The molecule has 0 bridgehead atoms. The van der Waals surface area contributed by atoms with Crippen LogP contribution in [0.3, 0.4) is 0 Å². The summed E-state index contributed by atoms with van der Waals surface area (Å²) >= 11 is 0. The molecule has 0 radical (unpaired) electrons. The van der Waals surface area contributed by atoms with Crippen LogP contribution in [0.5, 0.6) is 0 Å². The summed E-state index contributed by atoms with van der Waals surface area (Å²) < 4.78 is 0. The van der Waals surface area contributed by atoms with Crippen molar-refractivity contribution in [3.8, 4) is 0 Å². The van der Waals surface area contributed by atoms with Gasteiger partial charge in [-0.15, -0.1) is 0 Å². The number of fused-ring (bicyclic) bond motifs is 1. The molecule has 1 N–H and O–H groups in total. The molecule has 2 aliphatic carbocycles. The molecule has 2 atom stereocenters. The van der Waals surface area contributed by atoms with E-state index in [4.69, 9.17) is 0 Å². The monoisotopic (exact) mass is 194 g/mol. The number of hydrogen-bond acceptors (Lipinski definition) is 1. The molecule has 1 heterocycles. The van der Waals surface area contributed by atoms with E-state index in [-0.39, 0.29) is 6.03 Å². The Hall–Kier alpha value is -0.730. The van der Waals surface area contributed by atoms with Crippen molar-refractivity contribution in [1.82, 2.24) is 10.2 Å². The average Bonchev–Trinajstić information content (AvgIpc) is 2.93. The van der Waals surface area contributed by atoms with Crippen LogP contribution in [0.1, 0.15) is 38.5 Å². The van der Waals surface area contributed by atoms with E-state index in [0.717, 1.165) is 12.5 Å². The summed E-state index contributed by atoms with van der Waals surface area (Å²) in [7, 11) is 0. The number of hydrogen-bond donors (Lipinski definition) is 1. The van der Waals surface area contributed by atoms with E-state index in [2.05, 4.69) is 10.2 Å². The topological polar surface area (TPSA) is 32.3 Å². The molecule has 78 valence electrons. The van der Waals surface area contributed by atoms with Crippen molar-refractivity contribution in [2.75, 3.05) is 6.54 Å². The second-order valence-electron chi connectivity index (χ2n) is 5.00. The number of urea groups is 1. The van der Waals surface area contributed by atoms with Gasteiger partial charge >= 0.3 is 6.03 Å². The largest absolute Gasteiger partial charge is 0.333 e. The van der Waals surface area contributed by atoms with Crippen LogP contribution in [-0.4, -0.2) is 29.6 Å². The normalized spacial score (nSPS) is 36.9. The summed E-state index contributed by atoms with van der Waals surface area (Å²) in [5.41, 5.74) is 0. The Balaban J connectivity index is 1.70. The van der Waals surface area contributed by atoms with Crippen molar-refractivity contribution >= 4 is 6.03 Å². The zero-order chi connectivity index (χ0) is 9.54. The second-order valence-corrected chi connectivity index (χ2v) is 5.00. The van der Waals surface area contributed by atoms with Gasteiger partial charge in [0.25, 0.3) is 0 Å². The fourth-order valence-corrected chi connectivity index (χ4v) is 2.84. The van der Waals surface area contributed by atoms with Gasteiger partial charge < -0.3 is 10.2 Å². The maximum atomic E-state index is 11.7. The van der Waals surface area contributed by atoms with Crippen molar-refractivity contribution < 1.29 is 4.79 Å². The molecule has 14 heavy (non-hydrogen) atoms. The minimum absolute atomic E-state index is 0.203. The van der Waals surface area contributed by atoms with Gasteiger partial charge in [0, 0.05) is 6.54 Å². The van der Waals surface area contributed by atoms with Gasteiger partial charge in [0.1, 0.15) is 0 Å². The molecule has 0 aromatic heterocycles. The van der Waals surface area contributed by atoms with Crippen LogP contribution >= 0.6 is 0 Å². The third-order valence-corrected chi connectivity index (χ3v) is 3.85. The molecule has 3 fully saturated rings. The first-order valence-corrected chi connectivity index (χ1v) is 5.92. The zero-order valence-electron chi connectivity index (χ0n) is 8.54. The molecule has 3 rings (SSSR count). The zero-order valence-corrected chi connectivity index (χ0v) is 8.54. The van der Waals surface area contributed by atoms with Crippen LogP contribution in [0.25, 0.3) is 0 Å². The quantitative estimate of drug-likeness (QED) is 0.713. The van der Waals surface area contributed by atoms with Gasteiger partial charge in [0.05, 0.1) is 12.1 Å². The fourth-order valence-electron chi connectivity index (χ4n) is 2.84. The van der Waals surface area contributed by atoms with E-state index in [1.54, 1.807) is 0 Å². The molecule has 2 saturated carbocycles. The number of carbonyl (C=O) groups is 1.